The third-order valence-corrected chi connectivity index (χ3v) is 5.80. The van der Waals surface area contributed by atoms with E-state index in [1.165, 1.54) is 0 Å². The van der Waals surface area contributed by atoms with Gasteiger partial charge in [-0.25, -0.2) is 4.98 Å². The quantitative estimate of drug-likeness (QED) is 0.610. The second-order valence-electron chi connectivity index (χ2n) is 6.76. The van der Waals surface area contributed by atoms with Gasteiger partial charge in [0.1, 0.15) is 0 Å². The lowest BCUT2D eigenvalue weighted by atomic mass is 10.1. The summed E-state index contributed by atoms with van der Waals surface area (Å²) in [6, 6.07) is 11.0. The van der Waals surface area contributed by atoms with Crippen molar-refractivity contribution in [2.45, 2.75) is 13.8 Å². The van der Waals surface area contributed by atoms with Crippen LogP contribution >= 0.6 is 11.3 Å². The number of benzene rings is 2. The summed E-state index contributed by atoms with van der Waals surface area (Å²) in [7, 11) is 0. The number of rotatable bonds is 7. The van der Waals surface area contributed by atoms with Crippen molar-refractivity contribution >= 4 is 38.3 Å². The number of ether oxygens (including phenoxy) is 3. The van der Waals surface area contributed by atoms with Gasteiger partial charge in [-0.1, -0.05) is 11.3 Å². The van der Waals surface area contributed by atoms with Crippen LogP contribution in [0.2, 0.25) is 0 Å². The first-order valence-electron chi connectivity index (χ1n) is 10.1. The Morgan fingerprint density at radius 1 is 1.10 bits per heavy atom. The molecule has 8 heteroatoms. The highest BCUT2D eigenvalue weighted by molar-refractivity contribution is 7.22. The molecule has 1 N–H and O–H groups in total. The lowest BCUT2D eigenvalue weighted by Crippen LogP contribution is -2.36. The van der Waals surface area contributed by atoms with Crippen molar-refractivity contribution in [3.8, 4) is 11.5 Å². The lowest BCUT2D eigenvalue weighted by Gasteiger charge is -2.25. The molecule has 30 heavy (non-hydrogen) atoms. The minimum Gasteiger partial charge on any atom is -0.490 e. The van der Waals surface area contributed by atoms with Crippen LogP contribution in [0.25, 0.3) is 10.2 Å². The van der Waals surface area contributed by atoms with E-state index in [2.05, 4.69) is 10.2 Å². The summed E-state index contributed by atoms with van der Waals surface area (Å²) in [4.78, 5) is 19.7. The van der Waals surface area contributed by atoms with Crippen molar-refractivity contribution < 1.29 is 19.0 Å². The number of carbonyl (C=O) groups excluding carboxylic acids is 1. The van der Waals surface area contributed by atoms with Crippen LogP contribution < -0.4 is 19.7 Å². The van der Waals surface area contributed by atoms with Gasteiger partial charge >= 0.3 is 0 Å². The molecule has 158 valence electrons. The van der Waals surface area contributed by atoms with E-state index >= 15 is 0 Å². The molecule has 0 saturated carbocycles. The average molecular weight is 428 g/mol. The molecule has 3 aromatic rings. The van der Waals surface area contributed by atoms with Gasteiger partial charge in [0, 0.05) is 24.3 Å². The minimum atomic E-state index is -0.198. The summed E-state index contributed by atoms with van der Waals surface area (Å²) in [5.74, 6) is 1.01. The summed E-state index contributed by atoms with van der Waals surface area (Å²) in [6.45, 7) is 8.00. The molecule has 1 amide bonds. The number of nitrogens with one attached hydrogen (secondary N) is 1. The minimum absolute atomic E-state index is 0.198. The monoisotopic (exact) mass is 427 g/mol. The molecule has 0 spiro atoms. The Bertz CT molecular complexity index is 1030. The smallest absolute Gasteiger partial charge is 0.255 e. The fourth-order valence-corrected chi connectivity index (χ4v) is 4.33. The zero-order valence-electron chi connectivity index (χ0n) is 17.1. The second-order valence-corrected chi connectivity index (χ2v) is 7.77. The Morgan fingerprint density at radius 2 is 1.87 bits per heavy atom. The number of anilines is 2. The Hall–Kier alpha value is -2.84. The third-order valence-electron chi connectivity index (χ3n) is 4.72. The van der Waals surface area contributed by atoms with Gasteiger partial charge in [-0.3, -0.25) is 4.79 Å². The van der Waals surface area contributed by atoms with Crippen LogP contribution in [0.4, 0.5) is 10.8 Å². The third kappa shape index (κ3) is 4.49. The highest BCUT2D eigenvalue weighted by Crippen LogP contribution is 2.32. The van der Waals surface area contributed by atoms with E-state index in [1.807, 2.05) is 32.0 Å². The molecule has 1 aromatic heterocycles. The van der Waals surface area contributed by atoms with E-state index in [0.29, 0.717) is 30.3 Å². The molecule has 0 radical (unpaired) electrons. The van der Waals surface area contributed by atoms with Gasteiger partial charge in [-0.15, -0.1) is 0 Å². The van der Waals surface area contributed by atoms with E-state index in [4.69, 9.17) is 19.2 Å². The van der Waals surface area contributed by atoms with Crippen LogP contribution in [0.5, 0.6) is 11.5 Å². The largest absolute Gasteiger partial charge is 0.490 e. The van der Waals surface area contributed by atoms with Crippen LogP contribution in [0.1, 0.15) is 24.2 Å². The van der Waals surface area contributed by atoms with E-state index in [9.17, 15) is 4.79 Å². The van der Waals surface area contributed by atoms with Crippen molar-refractivity contribution in [2.75, 3.05) is 49.7 Å². The highest BCUT2D eigenvalue weighted by atomic mass is 32.1. The molecule has 0 unspecified atom stereocenters. The zero-order chi connectivity index (χ0) is 20.9. The molecule has 4 rings (SSSR count). The summed E-state index contributed by atoms with van der Waals surface area (Å²) in [6.07, 6.45) is 0. The number of hydrogen-bond donors (Lipinski definition) is 1. The number of carbonyl (C=O) groups is 1. The number of nitrogens with zero attached hydrogens (tertiary/aromatic N) is 2. The van der Waals surface area contributed by atoms with Gasteiger partial charge in [0.05, 0.1) is 36.6 Å². The maximum atomic E-state index is 12.8. The molecule has 1 aliphatic rings. The topological polar surface area (TPSA) is 72.9 Å². The zero-order valence-corrected chi connectivity index (χ0v) is 18.0. The molecule has 0 atom stereocenters. The molecule has 2 heterocycles. The van der Waals surface area contributed by atoms with Gasteiger partial charge < -0.3 is 24.4 Å². The van der Waals surface area contributed by atoms with Crippen LogP contribution in [-0.4, -0.2) is 50.4 Å². The fraction of sp³-hybridized carbons (Fsp3) is 0.364. The maximum Gasteiger partial charge on any atom is 0.255 e. The Labute approximate surface area is 179 Å². The highest BCUT2D eigenvalue weighted by Gasteiger charge is 2.16. The normalized spacial score (nSPS) is 14.0. The maximum absolute atomic E-state index is 12.8. The first-order chi connectivity index (χ1) is 14.7. The van der Waals surface area contributed by atoms with Crippen LogP contribution in [0.3, 0.4) is 0 Å². The Kier molecular flexibility index (Phi) is 6.35. The van der Waals surface area contributed by atoms with Crippen LogP contribution in [-0.2, 0) is 4.74 Å². The van der Waals surface area contributed by atoms with Crippen molar-refractivity contribution in [3.05, 3.63) is 42.0 Å². The average Bonchev–Trinajstić information content (AvgIpc) is 3.19. The van der Waals surface area contributed by atoms with Crippen molar-refractivity contribution in [3.63, 3.8) is 0 Å². The van der Waals surface area contributed by atoms with Crippen LogP contribution in [0.15, 0.2) is 36.4 Å². The molecule has 7 nitrogen and oxygen atoms in total. The number of fused-ring (bicyclic) bond motifs is 1. The molecule has 1 saturated heterocycles. The standard InChI is InChI=1S/C22H25N3O4S/c1-3-28-18-8-5-15(13-19(18)29-4-2)21(26)23-16-6-7-17-20(14-16)30-22(24-17)25-9-11-27-12-10-25/h5-8,13-14H,3-4,9-12H2,1-2H3,(H,23,26). The fourth-order valence-electron chi connectivity index (χ4n) is 3.28. The summed E-state index contributed by atoms with van der Waals surface area (Å²) in [5.41, 5.74) is 2.18. The molecule has 0 bridgehead atoms. The molecule has 0 aliphatic carbocycles. The first kappa shape index (κ1) is 20.4. The Balaban J connectivity index is 1.51. The lowest BCUT2D eigenvalue weighted by molar-refractivity contribution is 0.102. The summed E-state index contributed by atoms with van der Waals surface area (Å²) >= 11 is 1.63. The van der Waals surface area contributed by atoms with E-state index in [1.54, 1.807) is 29.5 Å². The molecule has 1 fully saturated rings. The van der Waals surface area contributed by atoms with E-state index in [-0.39, 0.29) is 5.91 Å². The summed E-state index contributed by atoms with van der Waals surface area (Å²) < 4.78 is 17.6. The molecular weight excluding hydrogens is 402 g/mol. The molecule has 1 aliphatic heterocycles. The van der Waals surface area contributed by atoms with E-state index < -0.39 is 0 Å². The number of aromatic nitrogens is 1. The molecule has 2 aromatic carbocycles. The van der Waals surface area contributed by atoms with Crippen molar-refractivity contribution in [2.24, 2.45) is 0 Å². The Morgan fingerprint density at radius 3 is 2.63 bits per heavy atom. The van der Waals surface area contributed by atoms with Gasteiger partial charge in [0.2, 0.25) is 0 Å². The number of hydrogen-bond acceptors (Lipinski definition) is 7. The SMILES string of the molecule is CCOc1ccc(C(=O)Nc2ccc3nc(N4CCOCC4)sc3c2)cc1OCC. The predicted molar refractivity (Wildman–Crippen MR) is 119 cm³/mol. The second kappa shape index (κ2) is 9.32. The predicted octanol–water partition coefficient (Wildman–Crippen LogP) is 4.18. The number of morpholine rings is 1. The van der Waals surface area contributed by atoms with Crippen molar-refractivity contribution in [1.29, 1.82) is 0 Å². The van der Waals surface area contributed by atoms with Gasteiger partial charge in [0.25, 0.3) is 5.91 Å². The number of thiazole rings is 1. The molecular formula is C22H25N3O4S. The summed E-state index contributed by atoms with van der Waals surface area (Å²) in [5, 5.41) is 3.96. The van der Waals surface area contributed by atoms with E-state index in [0.717, 1.165) is 47.3 Å². The number of amides is 1. The van der Waals surface area contributed by atoms with Gasteiger partial charge in [-0.05, 0) is 50.2 Å². The van der Waals surface area contributed by atoms with Gasteiger partial charge in [-0.2, -0.15) is 0 Å². The van der Waals surface area contributed by atoms with Gasteiger partial charge in [0.15, 0.2) is 16.6 Å². The van der Waals surface area contributed by atoms with Crippen LogP contribution in [0, 0.1) is 0 Å². The van der Waals surface area contributed by atoms with Crippen molar-refractivity contribution in [1.82, 2.24) is 4.98 Å². The first-order valence-corrected chi connectivity index (χ1v) is 10.9.